The predicted molar refractivity (Wildman–Crippen MR) is 64.7 cm³/mol. The Bertz CT molecular complexity index is 318. The first-order chi connectivity index (χ1) is 7.76. The molecule has 0 aliphatic rings. The number of hydrogen-bond acceptors (Lipinski definition) is 5. The minimum absolute atomic E-state index is 0.173. The summed E-state index contributed by atoms with van der Waals surface area (Å²) < 4.78 is 4.90. The van der Waals surface area contributed by atoms with Gasteiger partial charge in [0, 0.05) is 0 Å². The van der Waals surface area contributed by atoms with Crippen LogP contribution in [0.4, 0.5) is 0 Å². The van der Waals surface area contributed by atoms with Gasteiger partial charge in [-0.1, -0.05) is 13.8 Å². The highest BCUT2D eigenvalue weighted by molar-refractivity contribution is 6.08. The van der Waals surface area contributed by atoms with Gasteiger partial charge in [-0.25, -0.2) is 4.79 Å². The third kappa shape index (κ3) is 4.56. The number of esters is 1. The van der Waals surface area contributed by atoms with Crippen LogP contribution in [-0.2, 0) is 14.3 Å². The molecule has 0 saturated heterocycles. The minimum atomic E-state index is -0.854. The fourth-order valence-corrected chi connectivity index (χ4v) is 0.976. The molecule has 0 aliphatic heterocycles. The Morgan fingerprint density at radius 1 is 1.47 bits per heavy atom. The van der Waals surface area contributed by atoms with Gasteiger partial charge in [0.2, 0.25) is 0 Å². The first-order valence-electron chi connectivity index (χ1n) is 5.51. The van der Waals surface area contributed by atoms with Crippen molar-refractivity contribution in [1.82, 2.24) is 5.32 Å². The summed E-state index contributed by atoms with van der Waals surface area (Å²) in [5, 5.41) is 12.7. The largest absolute Gasteiger partial charge is 0.509 e. The fraction of sp³-hybridized carbons (Fsp3) is 0.667. The van der Waals surface area contributed by atoms with E-state index in [-0.39, 0.29) is 23.9 Å². The summed E-state index contributed by atoms with van der Waals surface area (Å²) >= 11 is 0. The maximum Gasteiger partial charge on any atom is 0.345 e. The molecule has 98 valence electrons. The molecule has 0 aromatic heterocycles. The van der Waals surface area contributed by atoms with Crippen molar-refractivity contribution < 1.29 is 19.4 Å². The molecule has 0 bridgehead atoms. The highest BCUT2D eigenvalue weighted by Gasteiger charge is 2.28. The van der Waals surface area contributed by atoms with Gasteiger partial charge in [-0.2, -0.15) is 0 Å². The van der Waals surface area contributed by atoms with Gasteiger partial charge < -0.3 is 15.2 Å². The summed E-state index contributed by atoms with van der Waals surface area (Å²) in [6.07, 6.45) is 0.317. The van der Waals surface area contributed by atoms with Crippen molar-refractivity contribution in [3.8, 4) is 0 Å². The summed E-state index contributed by atoms with van der Waals surface area (Å²) in [6.45, 7) is 7.29. The number of aliphatic hydroxyl groups excluding tert-OH is 1. The average Bonchev–Trinajstić information content (AvgIpc) is 2.27. The lowest BCUT2D eigenvalue weighted by Gasteiger charge is -2.24. The van der Waals surface area contributed by atoms with E-state index in [0.29, 0.717) is 6.29 Å². The van der Waals surface area contributed by atoms with E-state index >= 15 is 0 Å². The molecule has 0 aliphatic carbocycles. The van der Waals surface area contributed by atoms with Crippen LogP contribution in [0.3, 0.4) is 0 Å². The number of carbonyl (C=O) groups is 2. The first kappa shape index (κ1) is 15.6. The van der Waals surface area contributed by atoms with E-state index in [0.717, 1.165) is 0 Å². The predicted octanol–water partition coefficient (Wildman–Crippen LogP) is 1.19. The Morgan fingerprint density at radius 3 is 2.35 bits per heavy atom. The zero-order valence-electron chi connectivity index (χ0n) is 11.0. The van der Waals surface area contributed by atoms with Gasteiger partial charge >= 0.3 is 5.97 Å². The zero-order valence-corrected chi connectivity index (χ0v) is 11.0. The number of aldehydes is 1. The molecule has 5 nitrogen and oxygen atoms in total. The van der Waals surface area contributed by atoms with Gasteiger partial charge in [0.1, 0.15) is 11.3 Å². The molecular weight excluding hydrogens is 222 g/mol. The van der Waals surface area contributed by atoms with Crippen molar-refractivity contribution in [2.24, 2.45) is 5.92 Å². The Labute approximate surface area is 102 Å². The van der Waals surface area contributed by atoms with E-state index < -0.39 is 11.5 Å². The number of hydrogen-bond donors (Lipinski definition) is 2. The SMILES string of the molecule is CNC(C)(C)/C(O)=C(\C=O)C(=O)OCC(C)C. The monoisotopic (exact) mass is 243 g/mol. The highest BCUT2D eigenvalue weighted by Crippen LogP contribution is 2.16. The van der Waals surface area contributed by atoms with Crippen molar-refractivity contribution in [2.75, 3.05) is 13.7 Å². The van der Waals surface area contributed by atoms with Crippen LogP contribution in [0.5, 0.6) is 0 Å². The number of carbonyl (C=O) groups excluding carboxylic acids is 2. The molecule has 0 heterocycles. The first-order valence-corrected chi connectivity index (χ1v) is 5.51. The number of aliphatic hydroxyl groups is 1. The molecule has 17 heavy (non-hydrogen) atoms. The second-order valence-corrected chi connectivity index (χ2v) is 4.75. The van der Waals surface area contributed by atoms with Gasteiger partial charge in [-0.3, -0.25) is 4.79 Å². The van der Waals surface area contributed by atoms with Crippen molar-refractivity contribution in [3.63, 3.8) is 0 Å². The smallest absolute Gasteiger partial charge is 0.345 e. The summed E-state index contributed by atoms with van der Waals surface area (Å²) in [5.41, 5.74) is -1.20. The Kier molecular flexibility index (Phi) is 5.88. The maximum absolute atomic E-state index is 11.6. The van der Waals surface area contributed by atoms with Crippen molar-refractivity contribution in [2.45, 2.75) is 33.2 Å². The molecule has 0 aromatic carbocycles. The van der Waals surface area contributed by atoms with E-state index in [1.165, 1.54) is 0 Å². The van der Waals surface area contributed by atoms with Gasteiger partial charge in [0.25, 0.3) is 0 Å². The number of likely N-dealkylation sites (N-methyl/N-ethyl adjacent to an activating group) is 1. The van der Waals surface area contributed by atoms with Gasteiger partial charge in [-0.05, 0) is 26.8 Å². The van der Waals surface area contributed by atoms with Crippen molar-refractivity contribution in [1.29, 1.82) is 0 Å². The molecule has 0 fully saturated rings. The molecule has 0 spiro atoms. The second kappa shape index (κ2) is 6.39. The Morgan fingerprint density at radius 2 is 2.00 bits per heavy atom. The van der Waals surface area contributed by atoms with Gasteiger partial charge in [-0.15, -0.1) is 0 Å². The molecule has 0 saturated carbocycles. The van der Waals surface area contributed by atoms with Crippen LogP contribution in [0.1, 0.15) is 27.7 Å². The van der Waals surface area contributed by atoms with Crippen LogP contribution in [0, 0.1) is 5.92 Å². The topological polar surface area (TPSA) is 75.6 Å². The van der Waals surface area contributed by atoms with Crippen LogP contribution in [-0.4, -0.2) is 36.6 Å². The molecule has 0 rings (SSSR count). The third-order valence-corrected chi connectivity index (χ3v) is 2.36. The molecule has 0 amide bonds. The van der Waals surface area contributed by atoms with Crippen LogP contribution in [0.25, 0.3) is 0 Å². The lowest BCUT2D eigenvalue weighted by atomic mass is 9.99. The number of ether oxygens (including phenoxy) is 1. The average molecular weight is 243 g/mol. The van der Waals surface area contributed by atoms with E-state index in [1.54, 1.807) is 20.9 Å². The lowest BCUT2D eigenvalue weighted by Crippen LogP contribution is -2.40. The molecule has 5 heteroatoms. The minimum Gasteiger partial charge on any atom is -0.509 e. The van der Waals surface area contributed by atoms with Crippen LogP contribution in [0.2, 0.25) is 0 Å². The molecule has 0 aromatic rings. The van der Waals surface area contributed by atoms with Crippen LogP contribution >= 0.6 is 0 Å². The van der Waals surface area contributed by atoms with E-state index in [2.05, 4.69) is 5.32 Å². The normalized spacial score (nSPS) is 13.3. The van der Waals surface area contributed by atoms with Crippen LogP contribution < -0.4 is 5.32 Å². The molecular formula is C12H21NO4. The zero-order chi connectivity index (χ0) is 13.6. The number of rotatable bonds is 6. The summed E-state index contributed by atoms with van der Waals surface area (Å²) in [4.78, 5) is 22.4. The molecule has 0 atom stereocenters. The van der Waals surface area contributed by atoms with Crippen molar-refractivity contribution >= 4 is 12.3 Å². The molecule has 0 unspecified atom stereocenters. The van der Waals surface area contributed by atoms with E-state index in [9.17, 15) is 14.7 Å². The fourth-order valence-electron chi connectivity index (χ4n) is 0.976. The Balaban J connectivity index is 4.99. The maximum atomic E-state index is 11.6. The summed E-state index contributed by atoms with van der Waals surface area (Å²) in [6, 6.07) is 0. The summed E-state index contributed by atoms with van der Waals surface area (Å²) in [7, 11) is 1.62. The Hall–Kier alpha value is -1.36. The van der Waals surface area contributed by atoms with E-state index in [1.807, 2.05) is 13.8 Å². The van der Waals surface area contributed by atoms with Crippen LogP contribution in [0.15, 0.2) is 11.3 Å². The van der Waals surface area contributed by atoms with Gasteiger partial charge in [0.15, 0.2) is 6.29 Å². The lowest BCUT2D eigenvalue weighted by molar-refractivity contribution is -0.141. The number of nitrogens with one attached hydrogen (secondary N) is 1. The second-order valence-electron chi connectivity index (χ2n) is 4.75. The molecule has 2 N–H and O–H groups in total. The third-order valence-electron chi connectivity index (χ3n) is 2.36. The summed E-state index contributed by atoms with van der Waals surface area (Å²) in [5.74, 6) is -0.940. The highest BCUT2D eigenvalue weighted by atomic mass is 16.5. The van der Waals surface area contributed by atoms with E-state index in [4.69, 9.17) is 4.74 Å². The van der Waals surface area contributed by atoms with Crippen molar-refractivity contribution in [3.05, 3.63) is 11.3 Å². The molecule has 0 radical (unpaired) electrons. The standard InChI is InChI=1S/C12H21NO4/c1-8(2)7-17-11(16)9(6-14)10(15)12(3,4)13-5/h6,8,13,15H,7H2,1-5H3/b10-9-. The van der Waals surface area contributed by atoms with Gasteiger partial charge in [0.05, 0.1) is 12.1 Å². The quantitative estimate of drug-likeness (QED) is 0.183.